The summed E-state index contributed by atoms with van der Waals surface area (Å²) < 4.78 is 0. The van der Waals surface area contributed by atoms with E-state index in [2.05, 4.69) is 60.5 Å². The van der Waals surface area contributed by atoms with Gasteiger partial charge in [0.1, 0.15) is 0 Å². The Balaban J connectivity index is 1.79. The molecule has 19 heavy (non-hydrogen) atoms. The van der Waals surface area contributed by atoms with Crippen LogP contribution in [0, 0.1) is 0 Å². The van der Waals surface area contributed by atoms with Crippen molar-refractivity contribution in [3.8, 4) is 0 Å². The molecule has 0 aromatic heterocycles. The summed E-state index contributed by atoms with van der Waals surface area (Å²) in [4.78, 5) is 2.50. The van der Waals surface area contributed by atoms with Crippen molar-refractivity contribution in [1.82, 2.24) is 10.2 Å². The maximum atomic E-state index is 3.46. The van der Waals surface area contributed by atoms with Gasteiger partial charge in [-0.25, -0.2) is 0 Å². The third-order valence-electron chi connectivity index (χ3n) is 3.54. The number of nitrogens with zero attached hydrogens (tertiary/aromatic N) is 1. The van der Waals surface area contributed by atoms with Crippen LogP contribution in [0.5, 0.6) is 0 Å². The number of benzene rings is 1. The predicted octanol–water partition coefficient (Wildman–Crippen LogP) is 2.99. The maximum Gasteiger partial charge on any atom is 0.0237 e. The van der Waals surface area contributed by atoms with Crippen molar-refractivity contribution in [2.45, 2.75) is 39.3 Å². The largest absolute Gasteiger partial charge is 0.314 e. The Labute approximate surface area is 117 Å². The normalized spacial score (nSPS) is 16.2. The van der Waals surface area contributed by atoms with Gasteiger partial charge in [0.2, 0.25) is 0 Å². The van der Waals surface area contributed by atoms with E-state index in [-0.39, 0.29) is 0 Å². The molecule has 0 saturated heterocycles. The Morgan fingerprint density at radius 3 is 2.47 bits per heavy atom. The fraction of sp³-hybridized carbons (Fsp3) is 0.529. The average Bonchev–Trinajstić information content (AvgIpc) is 2.42. The van der Waals surface area contributed by atoms with Crippen molar-refractivity contribution < 1.29 is 0 Å². The number of rotatable bonds is 6. The minimum Gasteiger partial charge on any atom is -0.314 e. The summed E-state index contributed by atoms with van der Waals surface area (Å²) in [5, 5.41) is 3.46. The van der Waals surface area contributed by atoms with Crippen molar-refractivity contribution in [3.63, 3.8) is 0 Å². The molecular weight excluding hydrogens is 232 g/mol. The summed E-state index contributed by atoms with van der Waals surface area (Å²) in [5.41, 5.74) is 2.85. The maximum absolute atomic E-state index is 3.46. The van der Waals surface area contributed by atoms with Crippen molar-refractivity contribution in [2.24, 2.45) is 0 Å². The molecule has 0 radical (unpaired) electrons. The van der Waals surface area contributed by atoms with E-state index in [1.54, 1.807) is 0 Å². The van der Waals surface area contributed by atoms with Crippen molar-refractivity contribution >= 4 is 0 Å². The van der Waals surface area contributed by atoms with Crippen LogP contribution in [0.3, 0.4) is 0 Å². The Bertz CT molecular complexity index is 392. The first kappa shape index (κ1) is 14.3. The molecule has 2 rings (SSSR count). The molecule has 1 aliphatic rings. The van der Waals surface area contributed by atoms with Crippen molar-refractivity contribution in [2.75, 3.05) is 19.6 Å². The van der Waals surface area contributed by atoms with Gasteiger partial charge in [-0.15, -0.1) is 0 Å². The van der Waals surface area contributed by atoms with E-state index in [0.717, 1.165) is 26.1 Å². The molecule has 0 atom stereocenters. The lowest BCUT2D eigenvalue weighted by Crippen LogP contribution is -2.26. The number of hydrogen-bond donors (Lipinski definition) is 1. The average molecular weight is 258 g/mol. The van der Waals surface area contributed by atoms with E-state index in [9.17, 15) is 0 Å². The SMILES string of the molecule is CC(C)NCCc1ccc(CN2CC=CCC2)cc1. The molecular formula is C17H26N2. The molecule has 1 aliphatic heterocycles. The zero-order valence-corrected chi connectivity index (χ0v) is 12.2. The summed E-state index contributed by atoms with van der Waals surface area (Å²) in [6, 6.07) is 9.69. The van der Waals surface area contributed by atoms with Crippen LogP contribution in [-0.4, -0.2) is 30.6 Å². The Morgan fingerprint density at radius 2 is 1.84 bits per heavy atom. The molecule has 104 valence electrons. The monoisotopic (exact) mass is 258 g/mol. The fourth-order valence-corrected chi connectivity index (χ4v) is 2.41. The fourth-order valence-electron chi connectivity index (χ4n) is 2.41. The molecule has 1 aromatic rings. The van der Waals surface area contributed by atoms with E-state index in [1.807, 2.05) is 0 Å². The Kier molecular flexibility index (Phi) is 5.62. The third kappa shape index (κ3) is 5.17. The molecule has 0 aliphatic carbocycles. The van der Waals surface area contributed by atoms with E-state index in [0.29, 0.717) is 6.04 Å². The second-order valence-corrected chi connectivity index (χ2v) is 5.67. The molecule has 0 saturated carbocycles. The lowest BCUT2D eigenvalue weighted by molar-refractivity contribution is 0.290. The van der Waals surface area contributed by atoms with Gasteiger partial charge in [-0.1, -0.05) is 50.3 Å². The summed E-state index contributed by atoms with van der Waals surface area (Å²) in [5.74, 6) is 0. The molecule has 2 heteroatoms. The predicted molar refractivity (Wildman–Crippen MR) is 82.3 cm³/mol. The van der Waals surface area contributed by atoms with E-state index in [4.69, 9.17) is 0 Å². The number of hydrogen-bond acceptors (Lipinski definition) is 2. The van der Waals surface area contributed by atoms with Gasteiger partial charge in [-0.05, 0) is 30.5 Å². The summed E-state index contributed by atoms with van der Waals surface area (Å²) in [6.45, 7) is 8.81. The van der Waals surface area contributed by atoms with Crippen LogP contribution in [0.1, 0.15) is 31.4 Å². The highest BCUT2D eigenvalue weighted by atomic mass is 15.1. The molecule has 0 bridgehead atoms. The molecule has 1 N–H and O–H groups in total. The van der Waals surface area contributed by atoms with Gasteiger partial charge >= 0.3 is 0 Å². The second kappa shape index (κ2) is 7.46. The van der Waals surface area contributed by atoms with Gasteiger partial charge in [0, 0.05) is 25.7 Å². The quantitative estimate of drug-likeness (QED) is 0.789. The summed E-state index contributed by atoms with van der Waals surface area (Å²) in [7, 11) is 0. The highest BCUT2D eigenvalue weighted by Crippen LogP contribution is 2.10. The smallest absolute Gasteiger partial charge is 0.0237 e. The third-order valence-corrected chi connectivity index (χ3v) is 3.54. The lowest BCUT2D eigenvalue weighted by atomic mass is 10.1. The minimum absolute atomic E-state index is 0.575. The van der Waals surface area contributed by atoms with Crippen LogP contribution in [0.4, 0.5) is 0 Å². The van der Waals surface area contributed by atoms with Crippen LogP contribution in [0.2, 0.25) is 0 Å². The Hall–Kier alpha value is -1.12. The minimum atomic E-state index is 0.575. The first-order valence-corrected chi connectivity index (χ1v) is 7.42. The van der Waals surface area contributed by atoms with Crippen molar-refractivity contribution in [1.29, 1.82) is 0 Å². The standard InChI is InChI=1S/C17H26N2/c1-15(2)18-11-10-16-6-8-17(9-7-16)14-19-12-4-3-5-13-19/h3-4,6-9,15,18H,5,10-14H2,1-2H3. The number of nitrogens with one attached hydrogen (secondary N) is 1. The van der Waals surface area contributed by atoms with E-state index >= 15 is 0 Å². The van der Waals surface area contributed by atoms with E-state index < -0.39 is 0 Å². The zero-order chi connectivity index (χ0) is 13.5. The highest BCUT2D eigenvalue weighted by Gasteiger charge is 2.06. The van der Waals surface area contributed by atoms with Gasteiger partial charge in [-0.2, -0.15) is 0 Å². The summed E-state index contributed by atoms with van der Waals surface area (Å²) in [6.07, 6.45) is 6.86. The van der Waals surface area contributed by atoms with Gasteiger partial charge in [0.05, 0.1) is 0 Å². The molecule has 2 nitrogen and oxygen atoms in total. The Morgan fingerprint density at radius 1 is 1.11 bits per heavy atom. The van der Waals surface area contributed by atoms with E-state index in [1.165, 1.54) is 24.1 Å². The van der Waals surface area contributed by atoms with Crippen LogP contribution in [0.15, 0.2) is 36.4 Å². The molecule has 0 fully saturated rings. The van der Waals surface area contributed by atoms with Gasteiger partial charge in [0.25, 0.3) is 0 Å². The lowest BCUT2D eigenvalue weighted by Gasteiger charge is -2.23. The molecule has 0 unspecified atom stereocenters. The molecule has 1 aromatic carbocycles. The van der Waals surface area contributed by atoms with Gasteiger partial charge in [-0.3, -0.25) is 4.90 Å². The molecule has 0 amide bonds. The molecule has 0 spiro atoms. The van der Waals surface area contributed by atoms with Crippen LogP contribution < -0.4 is 5.32 Å². The highest BCUT2D eigenvalue weighted by molar-refractivity contribution is 5.23. The topological polar surface area (TPSA) is 15.3 Å². The van der Waals surface area contributed by atoms with Crippen LogP contribution >= 0.6 is 0 Å². The van der Waals surface area contributed by atoms with Gasteiger partial charge in [0.15, 0.2) is 0 Å². The van der Waals surface area contributed by atoms with Crippen LogP contribution in [-0.2, 0) is 13.0 Å². The molecule has 1 heterocycles. The second-order valence-electron chi connectivity index (χ2n) is 5.67. The first-order valence-electron chi connectivity index (χ1n) is 7.42. The van der Waals surface area contributed by atoms with Crippen molar-refractivity contribution in [3.05, 3.63) is 47.5 Å². The zero-order valence-electron chi connectivity index (χ0n) is 12.2. The first-order chi connectivity index (χ1) is 9.24. The summed E-state index contributed by atoms with van der Waals surface area (Å²) >= 11 is 0. The van der Waals surface area contributed by atoms with Crippen LogP contribution in [0.25, 0.3) is 0 Å². The van der Waals surface area contributed by atoms with Gasteiger partial charge < -0.3 is 5.32 Å².